The van der Waals surface area contributed by atoms with E-state index in [1.807, 2.05) is 0 Å². The van der Waals surface area contributed by atoms with E-state index < -0.39 is 17.5 Å². The molecule has 0 aliphatic rings. The van der Waals surface area contributed by atoms with Gasteiger partial charge in [-0.2, -0.15) is 0 Å². The number of carbonyl (C=O) groups excluding carboxylic acids is 1. The van der Waals surface area contributed by atoms with Crippen molar-refractivity contribution in [2.24, 2.45) is 0 Å². The lowest BCUT2D eigenvalue weighted by atomic mass is 9.88. The van der Waals surface area contributed by atoms with Crippen LogP contribution < -0.4 is 25.2 Å². The van der Waals surface area contributed by atoms with Crippen molar-refractivity contribution < 1.29 is 28.5 Å². The summed E-state index contributed by atoms with van der Waals surface area (Å²) in [5, 5.41) is 13.8. The fourth-order valence-electron chi connectivity index (χ4n) is 3.58. The van der Waals surface area contributed by atoms with Gasteiger partial charge in [0, 0.05) is 29.1 Å². The second-order valence-corrected chi connectivity index (χ2v) is 7.65. The second kappa shape index (κ2) is 10.3. The Morgan fingerprint density at radius 1 is 1.09 bits per heavy atom. The lowest BCUT2D eigenvalue weighted by Gasteiger charge is -2.21. The van der Waals surface area contributed by atoms with Crippen LogP contribution in [0.3, 0.4) is 0 Å². The Kier molecular flexibility index (Phi) is 7.50. The third kappa shape index (κ3) is 5.40. The smallest absolute Gasteiger partial charge is 0.343 e. The number of nitrogens with one attached hydrogen (secondary N) is 1. The van der Waals surface area contributed by atoms with Gasteiger partial charge < -0.3 is 29.1 Å². The molecule has 0 aliphatic carbocycles. The number of aryl methyl sites for hydroxylation is 1. The molecule has 0 saturated heterocycles. The fourth-order valence-corrected chi connectivity index (χ4v) is 3.77. The summed E-state index contributed by atoms with van der Waals surface area (Å²) in [5.41, 5.74) is 0.173. The largest absolute Gasteiger partial charge is 0.507 e. The van der Waals surface area contributed by atoms with Gasteiger partial charge in [-0.1, -0.05) is 17.7 Å². The van der Waals surface area contributed by atoms with Gasteiger partial charge >= 0.3 is 5.63 Å². The number of methoxy groups -OCH3 is 3. The van der Waals surface area contributed by atoms with E-state index in [1.54, 1.807) is 43.3 Å². The minimum absolute atomic E-state index is 0.0592. The highest BCUT2D eigenvalue weighted by Crippen LogP contribution is 2.43. The van der Waals surface area contributed by atoms with E-state index >= 15 is 0 Å². The first-order valence-corrected chi connectivity index (χ1v) is 10.3. The quantitative estimate of drug-likeness (QED) is 0.496. The molecule has 1 atom stereocenters. The number of anilines is 1. The maximum Gasteiger partial charge on any atom is 0.343 e. The van der Waals surface area contributed by atoms with Gasteiger partial charge in [-0.15, -0.1) is 0 Å². The van der Waals surface area contributed by atoms with Crippen LogP contribution in [-0.4, -0.2) is 32.3 Å². The molecule has 2 N–H and O–H groups in total. The molecular formula is C24H24ClNO7. The third-order valence-corrected chi connectivity index (χ3v) is 5.26. The Morgan fingerprint density at radius 3 is 2.30 bits per heavy atom. The first kappa shape index (κ1) is 24.0. The third-order valence-electron chi connectivity index (χ3n) is 5.03. The monoisotopic (exact) mass is 473 g/mol. The predicted molar refractivity (Wildman–Crippen MR) is 124 cm³/mol. The molecule has 1 aromatic heterocycles. The number of halogens is 1. The first-order valence-electron chi connectivity index (χ1n) is 9.96. The van der Waals surface area contributed by atoms with E-state index in [-0.39, 0.29) is 23.5 Å². The van der Waals surface area contributed by atoms with E-state index in [2.05, 4.69) is 5.32 Å². The van der Waals surface area contributed by atoms with Gasteiger partial charge in [0.2, 0.25) is 11.7 Å². The molecule has 8 nitrogen and oxygen atoms in total. The summed E-state index contributed by atoms with van der Waals surface area (Å²) < 4.78 is 21.4. The number of amides is 1. The van der Waals surface area contributed by atoms with Crippen molar-refractivity contribution in [2.75, 3.05) is 26.6 Å². The Hall–Kier alpha value is -3.65. The molecular weight excluding hydrogens is 450 g/mol. The number of benzene rings is 2. The van der Waals surface area contributed by atoms with Crippen LogP contribution >= 0.6 is 11.6 Å². The predicted octanol–water partition coefficient (Wildman–Crippen LogP) is 4.49. The molecule has 0 aliphatic heterocycles. The topological polar surface area (TPSA) is 107 Å². The average molecular weight is 474 g/mol. The lowest BCUT2D eigenvalue weighted by Crippen LogP contribution is -2.21. The summed E-state index contributed by atoms with van der Waals surface area (Å²) in [6, 6.07) is 11.3. The molecule has 9 heteroatoms. The van der Waals surface area contributed by atoms with E-state index in [0.717, 1.165) is 0 Å². The molecule has 0 fully saturated rings. The Labute approximate surface area is 195 Å². The van der Waals surface area contributed by atoms with Crippen molar-refractivity contribution in [3.05, 3.63) is 74.8 Å². The maximum absolute atomic E-state index is 12.9. The van der Waals surface area contributed by atoms with Crippen LogP contribution in [-0.2, 0) is 4.79 Å². The van der Waals surface area contributed by atoms with Crippen LogP contribution in [0.2, 0.25) is 5.02 Å². The normalized spacial score (nSPS) is 11.5. The van der Waals surface area contributed by atoms with E-state index in [4.69, 9.17) is 30.2 Å². The minimum Gasteiger partial charge on any atom is -0.507 e. The van der Waals surface area contributed by atoms with Gasteiger partial charge in [-0.05, 0) is 42.8 Å². The summed E-state index contributed by atoms with van der Waals surface area (Å²) in [5.74, 6) is -0.298. The Bertz CT molecular complexity index is 1200. The van der Waals surface area contributed by atoms with E-state index in [1.165, 1.54) is 27.4 Å². The molecule has 33 heavy (non-hydrogen) atoms. The minimum atomic E-state index is -0.880. The van der Waals surface area contributed by atoms with Crippen molar-refractivity contribution in [3.63, 3.8) is 0 Å². The highest BCUT2D eigenvalue weighted by atomic mass is 35.5. The summed E-state index contributed by atoms with van der Waals surface area (Å²) in [6.07, 6.45) is -0.188. The van der Waals surface area contributed by atoms with Gasteiger partial charge in [0.05, 0.1) is 26.9 Å². The molecule has 0 radical (unpaired) electrons. The van der Waals surface area contributed by atoms with Crippen molar-refractivity contribution in [1.29, 1.82) is 0 Å². The molecule has 3 rings (SSSR count). The van der Waals surface area contributed by atoms with Crippen LogP contribution in [0.15, 0.2) is 51.7 Å². The van der Waals surface area contributed by atoms with Crippen LogP contribution in [0, 0.1) is 6.92 Å². The number of hydrogen-bond donors (Lipinski definition) is 2. The van der Waals surface area contributed by atoms with Crippen LogP contribution in [0.5, 0.6) is 23.0 Å². The van der Waals surface area contributed by atoms with Gasteiger partial charge in [0.1, 0.15) is 11.5 Å². The van der Waals surface area contributed by atoms with Gasteiger partial charge in [0.25, 0.3) is 0 Å². The highest BCUT2D eigenvalue weighted by Gasteiger charge is 2.28. The number of hydrogen-bond acceptors (Lipinski definition) is 7. The number of ether oxygens (including phenoxy) is 3. The molecule has 0 unspecified atom stereocenters. The summed E-state index contributed by atoms with van der Waals surface area (Å²) >= 11 is 6.00. The standard InChI is InChI=1S/C24H24ClNO7/c1-13-8-18(27)22(24(29)33-13)17(12-21(28)26-16-7-5-6-15(25)11-16)14-9-19(30-2)23(32-4)20(10-14)31-3/h5-11,17,27H,12H2,1-4H3,(H,26,28)/t17-/m0/s1. The van der Waals surface area contributed by atoms with Crippen LogP contribution in [0.25, 0.3) is 0 Å². The summed E-state index contributed by atoms with van der Waals surface area (Å²) in [7, 11) is 4.38. The van der Waals surface area contributed by atoms with Gasteiger partial charge in [0.15, 0.2) is 11.5 Å². The molecule has 2 aromatic carbocycles. The molecule has 0 bridgehead atoms. The zero-order valence-electron chi connectivity index (χ0n) is 18.6. The van der Waals surface area contributed by atoms with Crippen molar-refractivity contribution in [1.82, 2.24) is 0 Å². The van der Waals surface area contributed by atoms with Gasteiger partial charge in [-0.25, -0.2) is 4.79 Å². The molecule has 1 amide bonds. The summed E-state index contributed by atoms with van der Waals surface area (Å²) in [4.78, 5) is 25.7. The highest BCUT2D eigenvalue weighted by molar-refractivity contribution is 6.30. The van der Waals surface area contributed by atoms with Crippen molar-refractivity contribution >= 4 is 23.2 Å². The van der Waals surface area contributed by atoms with Crippen molar-refractivity contribution in [2.45, 2.75) is 19.3 Å². The molecule has 3 aromatic rings. The molecule has 0 saturated carbocycles. The molecule has 0 spiro atoms. The zero-order chi connectivity index (χ0) is 24.1. The number of rotatable bonds is 8. The average Bonchev–Trinajstić information content (AvgIpc) is 2.76. The molecule has 1 heterocycles. The maximum atomic E-state index is 12.9. The van der Waals surface area contributed by atoms with E-state index in [9.17, 15) is 14.7 Å². The van der Waals surface area contributed by atoms with Crippen LogP contribution in [0.1, 0.15) is 29.2 Å². The Morgan fingerprint density at radius 2 is 1.76 bits per heavy atom. The Balaban J connectivity index is 2.11. The second-order valence-electron chi connectivity index (χ2n) is 7.22. The fraction of sp³-hybridized carbons (Fsp3) is 0.250. The van der Waals surface area contributed by atoms with Gasteiger partial charge in [-0.3, -0.25) is 4.79 Å². The lowest BCUT2D eigenvalue weighted by molar-refractivity contribution is -0.116. The first-order chi connectivity index (χ1) is 15.8. The number of aromatic hydroxyl groups is 1. The molecule has 174 valence electrons. The van der Waals surface area contributed by atoms with E-state index in [0.29, 0.717) is 33.5 Å². The SMILES string of the molecule is COc1cc([C@H](CC(=O)Nc2cccc(Cl)c2)c2c(O)cc(C)oc2=O)cc(OC)c1OC. The van der Waals surface area contributed by atoms with Crippen molar-refractivity contribution in [3.8, 4) is 23.0 Å². The zero-order valence-corrected chi connectivity index (χ0v) is 19.4. The van der Waals surface area contributed by atoms with Crippen LogP contribution in [0.4, 0.5) is 5.69 Å². The number of carbonyl (C=O) groups is 1. The summed E-state index contributed by atoms with van der Waals surface area (Å²) in [6.45, 7) is 1.55.